The first-order valence-corrected chi connectivity index (χ1v) is 10.7. The molecular weight excluding hydrogens is 420 g/mol. The van der Waals surface area contributed by atoms with E-state index in [-0.39, 0.29) is 23.6 Å². The van der Waals surface area contributed by atoms with Crippen LogP contribution in [-0.4, -0.2) is 44.1 Å². The van der Waals surface area contributed by atoms with Gasteiger partial charge in [0.05, 0.1) is 23.5 Å². The Morgan fingerprint density at radius 3 is 2.55 bits per heavy atom. The first-order chi connectivity index (χ1) is 14.8. The molecule has 3 heterocycles. The topological polar surface area (TPSA) is 131 Å². The summed E-state index contributed by atoms with van der Waals surface area (Å²) < 4.78 is 29.7. The summed E-state index contributed by atoms with van der Waals surface area (Å²) in [5.74, 6) is -1.13. The maximum Gasteiger partial charge on any atom is 0.337 e. The van der Waals surface area contributed by atoms with Crippen molar-refractivity contribution in [3.8, 4) is 0 Å². The van der Waals surface area contributed by atoms with E-state index in [1.165, 1.54) is 23.0 Å². The highest BCUT2D eigenvalue weighted by atomic mass is 32.2. The Hall–Kier alpha value is -3.86. The van der Waals surface area contributed by atoms with E-state index in [1.54, 1.807) is 50.2 Å². The zero-order valence-corrected chi connectivity index (χ0v) is 17.5. The summed E-state index contributed by atoms with van der Waals surface area (Å²) >= 11 is 0. The molecule has 0 bridgehead atoms. The van der Waals surface area contributed by atoms with Gasteiger partial charge in [0.25, 0.3) is 10.9 Å². The molecule has 0 aliphatic heterocycles. The molecule has 0 aliphatic carbocycles. The lowest BCUT2D eigenvalue weighted by Crippen LogP contribution is -2.33. The molecule has 0 unspecified atom stereocenters. The number of anilines is 1. The molecule has 0 amide bonds. The number of nitrogens with zero attached hydrogens (tertiary/aromatic N) is 6. The number of sulfonamides is 1. The van der Waals surface area contributed by atoms with Gasteiger partial charge < -0.3 is 5.11 Å². The van der Waals surface area contributed by atoms with E-state index in [9.17, 15) is 18.3 Å². The first kappa shape index (κ1) is 20.4. The van der Waals surface area contributed by atoms with Crippen molar-refractivity contribution in [3.63, 3.8) is 0 Å². The van der Waals surface area contributed by atoms with Crippen LogP contribution in [0.4, 0.5) is 5.69 Å². The molecule has 31 heavy (non-hydrogen) atoms. The number of fused-ring (bicyclic) bond motifs is 1. The molecule has 0 radical (unpaired) electrons. The van der Waals surface area contributed by atoms with Crippen LogP contribution >= 0.6 is 0 Å². The van der Waals surface area contributed by atoms with Gasteiger partial charge in [-0.15, -0.1) is 5.10 Å². The summed E-state index contributed by atoms with van der Waals surface area (Å²) in [5.41, 5.74) is 1.43. The van der Waals surface area contributed by atoms with E-state index in [0.29, 0.717) is 17.0 Å². The fourth-order valence-corrected chi connectivity index (χ4v) is 4.55. The lowest BCUT2D eigenvalue weighted by molar-refractivity contribution is 0.0697. The van der Waals surface area contributed by atoms with Crippen molar-refractivity contribution >= 4 is 27.5 Å². The molecule has 158 valence electrons. The number of pyridine rings is 1. The highest BCUT2D eigenvalue weighted by molar-refractivity contribution is 7.92. The minimum Gasteiger partial charge on any atom is -0.478 e. The third-order valence-electron chi connectivity index (χ3n) is 4.68. The maximum absolute atomic E-state index is 13.7. The lowest BCUT2D eigenvalue weighted by Gasteiger charge is -2.25. The summed E-state index contributed by atoms with van der Waals surface area (Å²) in [6.07, 6.45) is 3.04. The zero-order valence-electron chi connectivity index (χ0n) is 16.7. The van der Waals surface area contributed by atoms with Gasteiger partial charge >= 0.3 is 16.0 Å². The fourth-order valence-electron chi connectivity index (χ4n) is 3.18. The van der Waals surface area contributed by atoms with Gasteiger partial charge in [-0.05, 0) is 43.7 Å². The van der Waals surface area contributed by atoms with Crippen LogP contribution in [-0.2, 0) is 16.6 Å². The second-order valence-corrected chi connectivity index (χ2v) is 8.56. The third-order valence-corrected chi connectivity index (χ3v) is 6.21. The highest BCUT2D eigenvalue weighted by Crippen LogP contribution is 2.31. The normalized spacial score (nSPS) is 11.5. The molecule has 0 saturated carbocycles. The second-order valence-electron chi connectivity index (χ2n) is 6.80. The van der Waals surface area contributed by atoms with Crippen LogP contribution in [0.1, 0.15) is 27.3 Å². The predicted molar refractivity (Wildman–Crippen MR) is 111 cm³/mol. The number of aromatic carboxylic acids is 1. The quantitative estimate of drug-likeness (QED) is 0.485. The van der Waals surface area contributed by atoms with E-state index in [2.05, 4.69) is 20.1 Å². The Morgan fingerprint density at radius 1 is 1.06 bits per heavy atom. The van der Waals surface area contributed by atoms with Crippen molar-refractivity contribution in [1.82, 2.24) is 24.6 Å². The molecule has 1 aromatic carbocycles. The molecular formula is C20H18N6O4S. The third kappa shape index (κ3) is 3.70. The SMILES string of the molecule is Cc1cccc(C(=O)O)c1N(Cc1ccccn1)S(=O)(=O)c1nc2nccc(C)n2n1. The van der Waals surface area contributed by atoms with Gasteiger partial charge in [0, 0.05) is 18.1 Å². The largest absolute Gasteiger partial charge is 0.478 e. The van der Waals surface area contributed by atoms with Crippen LogP contribution in [0.5, 0.6) is 0 Å². The van der Waals surface area contributed by atoms with Crippen molar-refractivity contribution in [2.75, 3.05) is 4.31 Å². The summed E-state index contributed by atoms with van der Waals surface area (Å²) in [6, 6.07) is 11.3. The van der Waals surface area contributed by atoms with Crippen LogP contribution in [0.15, 0.2) is 60.0 Å². The number of aromatic nitrogens is 5. The molecule has 11 heteroatoms. The number of rotatable bonds is 6. The Balaban J connectivity index is 1.94. The minimum atomic E-state index is -4.36. The summed E-state index contributed by atoms with van der Waals surface area (Å²) in [4.78, 5) is 24.2. The molecule has 10 nitrogen and oxygen atoms in total. The van der Waals surface area contributed by atoms with E-state index < -0.39 is 21.1 Å². The highest BCUT2D eigenvalue weighted by Gasteiger charge is 2.33. The van der Waals surface area contributed by atoms with Crippen LogP contribution in [0.2, 0.25) is 0 Å². The predicted octanol–water partition coefficient (Wildman–Crippen LogP) is 2.23. The molecule has 0 saturated heterocycles. The van der Waals surface area contributed by atoms with E-state index >= 15 is 0 Å². The smallest absolute Gasteiger partial charge is 0.337 e. The van der Waals surface area contributed by atoms with Crippen molar-refractivity contribution in [2.45, 2.75) is 25.5 Å². The van der Waals surface area contributed by atoms with Crippen LogP contribution in [0.25, 0.3) is 5.78 Å². The van der Waals surface area contributed by atoms with E-state index in [4.69, 9.17) is 0 Å². The molecule has 0 atom stereocenters. The van der Waals surface area contributed by atoms with Gasteiger partial charge in [0.1, 0.15) is 0 Å². The Bertz CT molecular complexity index is 1390. The van der Waals surface area contributed by atoms with Gasteiger partial charge in [-0.2, -0.15) is 13.4 Å². The van der Waals surface area contributed by atoms with Gasteiger partial charge in [-0.3, -0.25) is 9.29 Å². The number of aryl methyl sites for hydroxylation is 2. The molecule has 0 fully saturated rings. The summed E-state index contributed by atoms with van der Waals surface area (Å²) in [6.45, 7) is 3.19. The van der Waals surface area contributed by atoms with E-state index in [1.807, 2.05) is 0 Å². The van der Waals surface area contributed by atoms with Crippen molar-refractivity contribution in [2.24, 2.45) is 0 Å². The van der Waals surface area contributed by atoms with Crippen LogP contribution < -0.4 is 4.31 Å². The van der Waals surface area contributed by atoms with Gasteiger partial charge in [0.2, 0.25) is 0 Å². The number of benzene rings is 1. The fraction of sp³-hybridized carbons (Fsp3) is 0.150. The molecule has 4 aromatic rings. The number of hydrogen-bond acceptors (Lipinski definition) is 7. The van der Waals surface area contributed by atoms with E-state index in [0.717, 1.165) is 4.31 Å². The molecule has 4 rings (SSSR count). The Labute approximate surface area is 177 Å². The second kappa shape index (κ2) is 7.76. The molecule has 3 aromatic heterocycles. The number of para-hydroxylation sites is 1. The molecule has 0 spiro atoms. The number of carboxylic acids is 1. The zero-order chi connectivity index (χ0) is 22.2. The van der Waals surface area contributed by atoms with Crippen molar-refractivity contribution < 1.29 is 18.3 Å². The summed E-state index contributed by atoms with van der Waals surface area (Å²) in [7, 11) is -4.36. The average Bonchev–Trinajstić information content (AvgIpc) is 3.19. The maximum atomic E-state index is 13.7. The molecule has 0 aliphatic rings. The number of carboxylic acid groups (broad SMARTS) is 1. The Kier molecular flexibility index (Phi) is 5.11. The van der Waals surface area contributed by atoms with Gasteiger partial charge in [0.15, 0.2) is 0 Å². The minimum absolute atomic E-state index is 0.0317. The summed E-state index contributed by atoms with van der Waals surface area (Å²) in [5, 5.41) is 13.3. The molecule has 1 N–H and O–H groups in total. The average molecular weight is 438 g/mol. The Morgan fingerprint density at radius 2 is 1.87 bits per heavy atom. The first-order valence-electron chi connectivity index (χ1n) is 9.23. The standard InChI is InChI=1S/C20H18N6O4S/c1-13-6-5-8-16(18(27)28)17(13)25(12-15-7-3-4-10-21-15)31(29,30)20-23-19-22-11-9-14(2)26(19)24-20/h3-11H,12H2,1-2H3,(H,27,28). The van der Waals surface area contributed by atoms with Crippen LogP contribution in [0, 0.1) is 13.8 Å². The number of carbonyl (C=O) groups is 1. The monoisotopic (exact) mass is 438 g/mol. The van der Waals surface area contributed by atoms with Gasteiger partial charge in [-0.1, -0.05) is 18.2 Å². The number of hydrogen-bond donors (Lipinski definition) is 1. The van der Waals surface area contributed by atoms with Crippen molar-refractivity contribution in [1.29, 1.82) is 0 Å². The van der Waals surface area contributed by atoms with Gasteiger partial charge in [-0.25, -0.2) is 14.3 Å². The van der Waals surface area contributed by atoms with Crippen LogP contribution in [0.3, 0.4) is 0 Å². The lowest BCUT2D eigenvalue weighted by atomic mass is 10.1. The van der Waals surface area contributed by atoms with Crippen molar-refractivity contribution in [3.05, 3.63) is 77.4 Å².